The lowest BCUT2D eigenvalue weighted by Gasteiger charge is -2.33. The van der Waals surface area contributed by atoms with Gasteiger partial charge in [-0.3, -0.25) is 0 Å². The van der Waals surface area contributed by atoms with Gasteiger partial charge in [-0.25, -0.2) is 0 Å². The lowest BCUT2D eigenvalue weighted by Crippen LogP contribution is -2.43. The summed E-state index contributed by atoms with van der Waals surface area (Å²) in [6.07, 6.45) is 11.3. The number of nitrogens with one attached hydrogen (secondary N) is 2. The molecule has 2 saturated carbocycles. The van der Waals surface area contributed by atoms with E-state index in [4.69, 9.17) is 0 Å². The van der Waals surface area contributed by atoms with Gasteiger partial charge in [0, 0.05) is 12.6 Å². The first-order chi connectivity index (χ1) is 11.8. The smallest absolute Gasteiger partial charge is 0.0208 e. The SMILES string of the molecule is CC1CCC(CNCC2CCCCC2NCc2ccccc2)CC1. The lowest BCUT2D eigenvalue weighted by molar-refractivity contribution is 0.236. The highest BCUT2D eigenvalue weighted by Crippen LogP contribution is 2.28. The van der Waals surface area contributed by atoms with Crippen molar-refractivity contribution in [3.05, 3.63) is 35.9 Å². The molecule has 0 heterocycles. The molecule has 0 aromatic heterocycles. The van der Waals surface area contributed by atoms with Gasteiger partial charge in [-0.05, 0) is 62.1 Å². The van der Waals surface area contributed by atoms with Crippen molar-refractivity contribution in [1.29, 1.82) is 0 Å². The molecule has 3 rings (SSSR count). The predicted octanol–water partition coefficient (Wildman–Crippen LogP) is 4.75. The van der Waals surface area contributed by atoms with E-state index in [2.05, 4.69) is 47.9 Å². The van der Waals surface area contributed by atoms with E-state index in [0.29, 0.717) is 6.04 Å². The molecule has 0 radical (unpaired) electrons. The van der Waals surface area contributed by atoms with Crippen LogP contribution in [0.15, 0.2) is 30.3 Å². The maximum Gasteiger partial charge on any atom is 0.0208 e. The summed E-state index contributed by atoms with van der Waals surface area (Å²) in [5.41, 5.74) is 1.41. The topological polar surface area (TPSA) is 24.1 Å². The minimum atomic E-state index is 0.692. The molecule has 2 fully saturated rings. The monoisotopic (exact) mass is 328 g/mol. The highest BCUT2D eigenvalue weighted by molar-refractivity contribution is 5.14. The molecule has 0 spiro atoms. The summed E-state index contributed by atoms with van der Waals surface area (Å²) in [5, 5.41) is 7.67. The number of rotatable bonds is 7. The Hall–Kier alpha value is -0.860. The second kappa shape index (κ2) is 9.58. The maximum atomic E-state index is 3.84. The molecule has 2 atom stereocenters. The Morgan fingerprint density at radius 3 is 2.42 bits per heavy atom. The van der Waals surface area contributed by atoms with Crippen LogP contribution < -0.4 is 10.6 Å². The van der Waals surface area contributed by atoms with E-state index in [1.165, 1.54) is 70.0 Å². The molecule has 0 aliphatic heterocycles. The van der Waals surface area contributed by atoms with Gasteiger partial charge in [0.05, 0.1) is 0 Å². The molecule has 24 heavy (non-hydrogen) atoms. The molecule has 1 aromatic carbocycles. The summed E-state index contributed by atoms with van der Waals surface area (Å²) in [4.78, 5) is 0. The van der Waals surface area contributed by atoms with Gasteiger partial charge in [0.2, 0.25) is 0 Å². The Morgan fingerprint density at radius 2 is 1.62 bits per heavy atom. The molecule has 2 heteroatoms. The summed E-state index contributed by atoms with van der Waals surface area (Å²) in [7, 11) is 0. The molecule has 1 aromatic rings. The summed E-state index contributed by atoms with van der Waals surface area (Å²) in [6, 6.07) is 11.5. The zero-order chi connectivity index (χ0) is 16.6. The summed E-state index contributed by atoms with van der Waals surface area (Å²) >= 11 is 0. The molecule has 2 nitrogen and oxygen atoms in total. The lowest BCUT2D eigenvalue weighted by atomic mass is 9.82. The van der Waals surface area contributed by atoms with E-state index < -0.39 is 0 Å². The average molecular weight is 329 g/mol. The number of hydrogen-bond donors (Lipinski definition) is 2. The van der Waals surface area contributed by atoms with Crippen molar-refractivity contribution in [2.24, 2.45) is 17.8 Å². The molecule has 2 aliphatic rings. The zero-order valence-corrected chi connectivity index (χ0v) is 15.5. The molecule has 2 unspecified atom stereocenters. The van der Waals surface area contributed by atoms with Gasteiger partial charge in [-0.15, -0.1) is 0 Å². The number of hydrogen-bond acceptors (Lipinski definition) is 2. The molecule has 134 valence electrons. The van der Waals surface area contributed by atoms with E-state index in [-0.39, 0.29) is 0 Å². The van der Waals surface area contributed by atoms with Gasteiger partial charge in [0.25, 0.3) is 0 Å². The van der Waals surface area contributed by atoms with Gasteiger partial charge >= 0.3 is 0 Å². The zero-order valence-electron chi connectivity index (χ0n) is 15.5. The van der Waals surface area contributed by atoms with Crippen LogP contribution in [0.25, 0.3) is 0 Å². The van der Waals surface area contributed by atoms with Crippen LogP contribution in [-0.4, -0.2) is 19.1 Å². The second-order valence-corrected chi connectivity index (χ2v) is 8.30. The van der Waals surface area contributed by atoms with E-state index >= 15 is 0 Å². The van der Waals surface area contributed by atoms with Crippen molar-refractivity contribution >= 4 is 0 Å². The Bertz CT molecular complexity index is 450. The Labute approximate surface area is 148 Å². The van der Waals surface area contributed by atoms with E-state index in [1.807, 2.05) is 0 Å². The third-order valence-corrected chi connectivity index (χ3v) is 6.30. The van der Waals surface area contributed by atoms with Crippen LogP contribution in [0.4, 0.5) is 0 Å². The van der Waals surface area contributed by atoms with Crippen LogP contribution >= 0.6 is 0 Å². The third-order valence-electron chi connectivity index (χ3n) is 6.30. The molecule has 0 bridgehead atoms. The standard InChI is InChI=1S/C22H36N2/c1-18-11-13-20(14-12-18)15-23-17-21-9-5-6-10-22(21)24-16-19-7-3-2-4-8-19/h2-4,7-8,18,20-24H,5-6,9-17H2,1H3. The van der Waals surface area contributed by atoms with Gasteiger partial charge in [0.1, 0.15) is 0 Å². The summed E-state index contributed by atoms with van der Waals surface area (Å²) in [6.45, 7) is 5.88. The van der Waals surface area contributed by atoms with E-state index in [9.17, 15) is 0 Å². The largest absolute Gasteiger partial charge is 0.316 e. The van der Waals surface area contributed by atoms with Crippen LogP contribution in [0.3, 0.4) is 0 Å². The molecule has 0 amide bonds. The van der Waals surface area contributed by atoms with Crippen molar-refractivity contribution < 1.29 is 0 Å². The molecule has 2 N–H and O–H groups in total. The summed E-state index contributed by atoms with van der Waals surface area (Å²) < 4.78 is 0. The van der Waals surface area contributed by atoms with Crippen molar-refractivity contribution in [3.63, 3.8) is 0 Å². The van der Waals surface area contributed by atoms with Gasteiger partial charge in [-0.2, -0.15) is 0 Å². The van der Waals surface area contributed by atoms with Crippen LogP contribution in [-0.2, 0) is 6.54 Å². The summed E-state index contributed by atoms with van der Waals surface area (Å²) in [5.74, 6) is 2.71. The van der Waals surface area contributed by atoms with Crippen molar-refractivity contribution in [2.45, 2.75) is 70.9 Å². The first-order valence-corrected chi connectivity index (χ1v) is 10.3. The second-order valence-electron chi connectivity index (χ2n) is 8.30. The highest BCUT2D eigenvalue weighted by Gasteiger charge is 2.25. The highest BCUT2D eigenvalue weighted by atomic mass is 14.9. The first kappa shape index (κ1) is 17.9. The fraction of sp³-hybridized carbons (Fsp3) is 0.727. The maximum absolute atomic E-state index is 3.84. The Kier molecular flexibility index (Phi) is 7.16. The Balaban J connectivity index is 1.39. The predicted molar refractivity (Wildman–Crippen MR) is 103 cm³/mol. The Morgan fingerprint density at radius 1 is 0.875 bits per heavy atom. The van der Waals surface area contributed by atoms with Crippen LogP contribution in [0, 0.1) is 17.8 Å². The fourth-order valence-electron chi connectivity index (χ4n) is 4.57. The van der Waals surface area contributed by atoms with Crippen molar-refractivity contribution in [3.8, 4) is 0 Å². The van der Waals surface area contributed by atoms with E-state index in [1.54, 1.807) is 0 Å². The van der Waals surface area contributed by atoms with Crippen LogP contribution in [0.2, 0.25) is 0 Å². The first-order valence-electron chi connectivity index (χ1n) is 10.3. The van der Waals surface area contributed by atoms with E-state index in [0.717, 1.165) is 24.3 Å². The fourth-order valence-corrected chi connectivity index (χ4v) is 4.57. The van der Waals surface area contributed by atoms with Gasteiger partial charge in [-0.1, -0.05) is 62.9 Å². The van der Waals surface area contributed by atoms with Gasteiger partial charge in [0.15, 0.2) is 0 Å². The van der Waals surface area contributed by atoms with Crippen molar-refractivity contribution in [1.82, 2.24) is 10.6 Å². The normalized spacial score (nSPS) is 31.0. The minimum absolute atomic E-state index is 0.692. The average Bonchev–Trinajstić information content (AvgIpc) is 2.63. The molecular weight excluding hydrogens is 292 g/mol. The van der Waals surface area contributed by atoms with Crippen LogP contribution in [0.5, 0.6) is 0 Å². The van der Waals surface area contributed by atoms with Crippen LogP contribution in [0.1, 0.15) is 63.9 Å². The van der Waals surface area contributed by atoms with Crippen molar-refractivity contribution in [2.75, 3.05) is 13.1 Å². The molecular formula is C22H36N2. The quantitative estimate of drug-likeness (QED) is 0.754. The molecule has 2 aliphatic carbocycles. The third kappa shape index (κ3) is 5.60. The minimum Gasteiger partial charge on any atom is -0.316 e. The molecule has 0 saturated heterocycles. The van der Waals surface area contributed by atoms with Gasteiger partial charge < -0.3 is 10.6 Å². The number of benzene rings is 1.